The molecule has 0 amide bonds. The first kappa shape index (κ1) is 17.0. The highest BCUT2D eigenvalue weighted by Crippen LogP contribution is 2.27. The average molecular weight is 314 g/mol. The third-order valence-corrected chi connectivity index (χ3v) is 3.90. The maximum absolute atomic E-state index is 11.0. The third kappa shape index (κ3) is 3.90. The molecule has 2 aromatic carbocycles. The number of aliphatic hydroxyl groups excluding tert-OH is 1. The van der Waals surface area contributed by atoms with Gasteiger partial charge in [0.25, 0.3) is 0 Å². The average Bonchev–Trinajstić information content (AvgIpc) is 2.59. The van der Waals surface area contributed by atoms with E-state index >= 15 is 0 Å². The van der Waals surface area contributed by atoms with Gasteiger partial charge >= 0.3 is 5.97 Å². The van der Waals surface area contributed by atoms with E-state index in [4.69, 9.17) is 9.84 Å². The first-order valence-electron chi connectivity index (χ1n) is 7.80. The molecule has 0 aliphatic rings. The van der Waals surface area contributed by atoms with Crippen LogP contribution in [0.5, 0.6) is 5.75 Å². The van der Waals surface area contributed by atoms with Crippen molar-refractivity contribution in [3.05, 3.63) is 64.7 Å². The minimum atomic E-state index is -1.54. The van der Waals surface area contributed by atoms with Gasteiger partial charge in [-0.1, -0.05) is 56.3 Å². The summed E-state index contributed by atoms with van der Waals surface area (Å²) >= 11 is 0. The Hall–Kier alpha value is -2.33. The molecule has 0 fully saturated rings. The molecule has 0 saturated carbocycles. The third-order valence-electron chi connectivity index (χ3n) is 3.90. The van der Waals surface area contributed by atoms with Gasteiger partial charge < -0.3 is 14.9 Å². The number of aliphatic carboxylic acids is 1. The van der Waals surface area contributed by atoms with E-state index in [1.54, 1.807) is 18.2 Å². The molecule has 1 unspecified atom stereocenters. The molecule has 0 radical (unpaired) electrons. The van der Waals surface area contributed by atoms with Crippen molar-refractivity contribution in [1.29, 1.82) is 0 Å². The zero-order chi connectivity index (χ0) is 16.8. The highest BCUT2D eigenvalue weighted by molar-refractivity contribution is 5.74. The van der Waals surface area contributed by atoms with Crippen LogP contribution in [-0.4, -0.2) is 16.2 Å². The molecule has 0 heterocycles. The fraction of sp³-hybridized carbons (Fsp3) is 0.316. The molecule has 4 heteroatoms. The summed E-state index contributed by atoms with van der Waals surface area (Å²) < 4.78 is 6.00. The lowest BCUT2D eigenvalue weighted by molar-refractivity contribution is -0.147. The summed E-state index contributed by atoms with van der Waals surface area (Å²) in [5.41, 5.74) is 3.30. The first-order valence-corrected chi connectivity index (χ1v) is 7.80. The molecule has 1 atom stereocenters. The predicted molar refractivity (Wildman–Crippen MR) is 88.6 cm³/mol. The van der Waals surface area contributed by atoms with Crippen molar-refractivity contribution < 1.29 is 19.7 Å². The molecule has 0 bridgehead atoms. The molecule has 122 valence electrons. The molecule has 4 nitrogen and oxygen atoms in total. The number of aryl methyl sites for hydroxylation is 2. The van der Waals surface area contributed by atoms with Crippen molar-refractivity contribution in [2.75, 3.05) is 0 Å². The minimum Gasteiger partial charge on any atom is -0.488 e. The van der Waals surface area contributed by atoms with E-state index in [9.17, 15) is 9.90 Å². The highest BCUT2D eigenvalue weighted by atomic mass is 16.5. The number of hydrogen-bond acceptors (Lipinski definition) is 3. The zero-order valence-corrected chi connectivity index (χ0v) is 13.5. The molecule has 23 heavy (non-hydrogen) atoms. The molecule has 2 aromatic rings. The van der Waals surface area contributed by atoms with Crippen LogP contribution in [0, 0.1) is 0 Å². The Balaban J connectivity index is 2.27. The lowest BCUT2D eigenvalue weighted by Gasteiger charge is -2.17. The van der Waals surface area contributed by atoms with Crippen LogP contribution < -0.4 is 4.74 Å². The Morgan fingerprint density at radius 3 is 2.13 bits per heavy atom. The Bertz CT molecular complexity index is 657. The second kappa shape index (κ2) is 7.79. The first-order chi connectivity index (χ1) is 11.1. The smallest absolute Gasteiger partial charge is 0.337 e. The number of aliphatic hydroxyl groups is 1. The van der Waals surface area contributed by atoms with Crippen LogP contribution in [0.4, 0.5) is 0 Å². The van der Waals surface area contributed by atoms with Crippen LogP contribution in [0.2, 0.25) is 0 Å². The van der Waals surface area contributed by atoms with Crippen molar-refractivity contribution in [2.45, 2.75) is 39.4 Å². The highest BCUT2D eigenvalue weighted by Gasteiger charge is 2.19. The topological polar surface area (TPSA) is 66.8 Å². The lowest BCUT2D eigenvalue weighted by Crippen LogP contribution is -2.14. The maximum Gasteiger partial charge on any atom is 0.337 e. The Morgan fingerprint density at radius 1 is 1.00 bits per heavy atom. The van der Waals surface area contributed by atoms with Crippen molar-refractivity contribution in [1.82, 2.24) is 0 Å². The molecule has 0 aliphatic heterocycles. The summed E-state index contributed by atoms with van der Waals surface area (Å²) in [5.74, 6) is -0.405. The van der Waals surface area contributed by atoms with E-state index in [2.05, 4.69) is 13.8 Å². The van der Waals surface area contributed by atoms with Crippen molar-refractivity contribution in [2.24, 2.45) is 0 Å². The zero-order valence-electron chi connectivity index (χ0n) is 13.5. The van der Waals surface area contributed by atoms with Crippen LogP contribution in [0.25, 0.3) is 0 Å². The molecule has 0 aromatic heterocycles. The number of ether oxygens (including phenoxy) is 1. The second-order valence-corrected chi connectivity index (χ2v) is 5.34. The summed E-state index contributed by atoms with van der Waals surface area (Å²) in [6.07, 6.45) is 0.187. The van der Waals surface area contributed by atoms with Crippen LogP contribution in [0.1, 0.15) is 42.2 Å². The molecule has 0 spiro atoms. The Kier molecular flexibility index (Phi) is 5.77. The second-order valence-electron chi connectivity index (χ2n) is 5.34. The molecule has 0 saturated heterocycles. The van der Waals surface area contributed by atoms with Crippen molar-refractivity contribution in [3.63, 3.8) is 0 Å². The van der Waals surface area contributed by atoms with Gasteiger partial charge in [0, 0.05) is 0 Å². The summed E-state index contributed by atoms with van der Waals surface area (Å²) in [7, 11) is 0. The molecular weight excluding hydrogens is 292 g/mol. The van der Waals surface area contributed by atoms with Crippen LogP contribution in [-0.2, 0) is 24.2 Å². The monoisotopic (exact) mass is 314 g/mol. The van der Waals surface area contributed by atoms with E-state index in [1.165, 1.54) is 0 Å². The van der Waals surface area contributed by atoms with Gasteiger partial charge in [-0.3, -0.25) is 0 Å². The maximum atomic E-state index is 11.0. The number of para-hydroxylation sites is 1. The van der Waals surface area contributed by atoms with Gasteiger partial charge in [-0.2, -0.15) is 0 Å². The number of rotatable bonds is 7. The lowest BCUT2D eigenvalue weighted by atomic mass is 10.0. The van der Waals surface area contributed by atoms with Crippen molar-refractivity contribution >= 4 is 5.97 Å². The van der Waals surface area contributed by atoms with E-state index in [0.717, 1.165) is 29.7 Å². The van der Waals surface area contributed by atoms with Gasteiger partial charge in [0.2, 0.25) is 0 Å². The Morgan fingerprint density at radius 2 is 1.57 bits per heavy atom. The SMILES string of the molecule is CCc1cccc(CC)c1OCc1ccccc1C(O)C(=O)O. The normalized spacial score (nSPS) is 12.0. The van der Waals surface area contributed by atoms with Gasteiger partial charge in [0.05, 0.1) is 0 Å². The van der Waals surface area contributed by atoms with Gasteiger partial charge in [-0.05, 0) is 35.1 Å². The molecular formula is C19H22O4. The number of hydrogen-bond donors (Lipinski definition) is 2. The summed E-state index contributed by atoms with van der Waals surface area (Å²) in [4.78, 5) is 11.0. The van der Waals surface area contributed by atoms with Gasteiger partial charge in [0.15, 0.2) is 6.10 Å². The van der Waals surface area contributed by atoms with Gasteiger partial charge in [-0.15, -0.1) is 0 Å². The van der Waals surface area contributed by atoms with E-state index in [1.807, 2.05) is 24.3 Å². The predicted octanol–water partition coefficient (Wildman–Crippen LogP) is 3.51. The van der Waals surface area contributed by atoms with Crippen LogP contribution >= 0.6 is 0 Å². The van der Waals surface area contributed by atoms with Crippen LogP contribution in [0.3, 0.4) is 0 Å². The largest absolute Gasteiger partial charge is 0.488 e. The number of carboxylic acids is 1. The van der Waals surface area contributed by atoms with Gasteiger partial charge in [0.1, 0.15) is 12.4 Å². The fourth-order valence-electron chi connectivity index (χ4n) is 2.60. The minimum absolute atomic E-state index is 0.227. The quantitative estimate of drug-likeness (QED) is 0.821. The summed E-state index contributed by atoms with van der Waals surface area (Å²) in [6.45, 7) is 4.37. The van der Waals surface area contributed by atoms with Crippen LogP contribution in [0.15, 0.2) is 42.5 Å². The standard InChI is InChI=1S/C19H22O4/c1-3-13-9-7-10-14(4-2)18(13)23-12-15-8-5-6-11-16(15)17(20)19(21)22/h5-11,17,20H,3-4,12H2,1-2H3,(H,21,22). The molecule has 2 rings (SSSR count). The van der Waals surface area contributed by atoms with Crippen molar-refractivity contribution in [3.8, 4) is 5.75 Å². The van der Waals surface area contributed by atoms with E-state index in [-0.39, 0.29) is 6.61 Å². The summed E-state index contributed by atoms with van der Waals surface area (Å²) in [6, 6.07) is 13.0. The van der Waals surface area contributed by atoms with E-state index in [0.29, 0.717) is 11.1 Å². The molecule has 0 aliphatic carbocycles. The Labute approximate surface area is 136 Å². The number of benzene rings is 2. The molecule has 2 N–H and O–H groups in total. The van der Waals surface area contributed by atoms with E-state index < -0.39 is 12.1 Å². The number of carboxylic acid groups (broad SMARTS) is 1. The van der Waals surface area contributed by atoms with Gasteiger partial charge in [-0.25, -0.2) is 4.79 Å². The fourth-order valence-corrected chi connectivity index (χ4v) is 2.60. The summed E-state index contributed by atoms with van der Waals surface area (Å²) in [5, 5.41) is 18.8. The number of carbonyl (C=O) groups is 1.